The molecule has 1 aliphatic heterocycles. The molecular weight excluding hydrogens is 217 g/mol. The summed E-state index contributed by atoms with van der Waals surface area (Å²) in [5.41, 5.74) is 6.77. The SMILES string of the molecule is NC1CCC2N=C(c3cccc(F)c3)NC2C1. The van der Waals surface area contributed by atoms with E-state index in [4.69, 9.17) is 5.73 Å². The lowest BCUT2D eigenvalue weighted by atomic mass is 9.88. The number of amidine groups is 1. The summed E-state index contributed by atoms with van der Waals surface area (Å²) in [6.45, 7) is 0. The zero-order valence-electron chi connectivity index (χ0n) is 9.57. The highest BCUT2D eigenvalue weighted by Crippen LogP contribution is 2.25. The van der Waals surface area contributed by atoms with Crippen LogP contribution in [-0.2, 0) is 0 Å². The second-order valence-corrected chi connectivity index (χ2v) is 4.88. The van der Waals surface area contributed by atoms with Crippen molar-refractivity contribution in [3.05, 3.63) is 35.6 Å². The zero-order chi connectivity index (χ0) is 11.8. The molecule has 1 aromatic carbocycles. The van der Waals surface area contributed by atoms with Crippen LogP contribution in [0.2, 0.25) is 0 Å². The molecule has 0 radical (unpaired) electrons. The molecule has 3 atom stereocenters. The highest BCUT2D eigenvalue weighted by atomic mass is 19.1. The minimum Gasteiger partial charge on any atom is -0.365 e. The fraction of sp³-hybridized carbons (Fsp3) is 0.462. The molecule has 0 amide bonds. The molecule has 1 aliphatic carbocycles. The maximum absolute atomic E-state index is 13.2. The first-order valence-electron chi connectivity index (χ1n) is 6.08. The van der Waals surface area contributed by atoms with Crippen molar-refractivity contribution in [1.82, 2.24) is 5.32 Å². The minimum atomic E-state index is -0.224. The number of nitrogens with zero attached hydrogens (tertiary/aromatic N) is 1. The standard InChI is InChI=1S/C13H16FN3/c14-9-3-1-2-8(6-9)13-16-11-5-4-10(15)7-12(11)17-13/h1-3,6,10-12H,4-5,7,15H2,(H,16,17). The van der Waals surface area contributed by atoms with E-state index in [1.807, 2.05) is 6.07 Å². The van der Waals surface area contributed by atoms with E-state index in [9.17, 15) is 4.39 Å². The monoisotopic (exact) mass is 233 g/mol. The molecule has 3 N–H and O–H groups in total. The predicted octanol–water partition coefficient (Wildman–Crippen LogP) is 1.42. The summed E-state index contributed by atoms with van der Waals surface area (Å²) >= 11 is 0. The smallest absolute Gasteiger partial charge is 0.129 e. The lowest BCUT2D eigenvalue weighted by molar-refractivity contribution is 0.347. The van der Waals surface area contributed by atoms with Gasteiger partial charge < -0.3 is 11.1 Å². The Labute approximate surface area is 99.9 Å². The van der Waals surface area contributed by atoms with E-state index in [0.717, 1.165) is 30.7 Å². The van der Waals surface area contributed by atoms with Gasteiger partial charge >= 0.3 is 0 Å². The second-order valence-electron chi connectivity index (χ2n) is 4.88. The van der Waals surface area contributed by atoms with Crippen LogP contribution in [0.25, 0.3) is 0 Å². The van der Waals surface area contributed by atoms with Crippen LogP contribution in [0.5, 0.6) is 0 Å². The van der Waals surface area contributed by atoms with Crippen LogP contribution in [0, 0.1) is 5.82 Å². The Morgan fingerprint density at radius 2 is 2.24 bits per heavy atom. The van der Waals surface area contributed by atoms with Gasteiger partial charge in [-0.3, -0.25) is 4.99 Å². The van der Waals surface area contributed by atoms with Gasteiger partial charge in [-0.05, 0) is 31.4 Å². The van der Waals surface area contributed by atoms with Crippen molar-refractivity contribution >= 4 is 5.84 Å². The lowest BCUT2D eigenvalue weighted by Gasteiger charge is -2.28. The molecule has 0 aromatic heterocycles. The van der Waals surface area contributed by atoms with Gasteiger partial charge in [-0.1, -0.05) is 12.1 Å². The first-order valence-corrected chi connectivity index (χ1v) is 6.08. The van der Waals surface area contributed by atoms with E-state index in [0.29, 0.717) is 12.1 Å². The molecule has 2 aliphatic rings. The van der Waals surface area contributed by atoms with Crippen LogP contribution in [0.3, 0.4) is 0 Å². The number of fused-ring (bicyclic) bond motifs is 1. The molecule has 4 heteroatoms. The van der Waals surface area contributed by atoms with E-state index in [1.165, 1.54) is 12.1 Å². The number of benzene rings is 1. The topological polar surface area (TPSA) is 50.4 Å². The molecule has 1 saturated carbocycles. The van der Waals surface area contributed by atoms with Crippen LogP contribution in [0.4, 0.5) is 4.39 Å². The van der Waals surface area contributed by atoms with Crippen LogP contribution >= 0.6 is 0 Å². The fourth-order valence-electron chi connectivity index (χ4n) is 2.67. The summed E-state index contributed by atoms with van der Waals surface area (Å²) in [5.74, 6) is 0.590. The van der Waals surface area contributed by atoms with Gasteiger partial charge in [0.2, 0.25) is 0 Å². The molecule has 0 spiro atoms. The third-order valence-corrected chi connectivity index (χ3v) is 3.57. The largest absolute Gasteiger partial charge is 0.365 e. The molecule has 0 bridgehead atoms. The highest BCUT2D eigenvalue weighted by molar-refractivity contribution is 6.00. The second kappa shape index (κ2) is 4.11. The summed E-state index contributed by atoms with van der Waals surface area (Å²) < 4.78 is 13.2. The Hall–Kier alpha value is -1.42. The molecule has 3 rings (SSSR count). The Kier molecular flexibility index (Phi) is 2.59. The van der Waals surface area contributed by atoms with Crippen molar-refractivity contribution in [1.29, 1.82) is 0 Å². The Morgan fingerprint density at radius 3 is 3.06 bits per heavy atom. The number of halogens is 1. The normalized spacial score (nSPS) is 31.6. The first-order chi connectivity index (χ1) is 8.22. The molecule has 1 aromatic rings. The van der Waals surface area contributed by atoms with Crippen LogP contribution < -0.4 is 11.1 Å². The minimum absolute atomic E-state index is 0.224. The van der Waals surface area contributed by atoms with Crippen molar-refractivity contribution in [2.45, 2.75) is 37.4 Å². The fourth-order valence-corrected chi connectivity index (χ4v) is 2.67. The number of nitrogens with one attached hydrogen (secondary N) is 1. The summed E-state index contributed by atoms with van der Waals surface area (Å²) in [6.07, 6.45) is 3.01. The molecule has 17 heavy (non-hydrogen) atoms. The van der Waals surface area contributed by atoms with E-state index in [1.54, 1.807) is 6.07 Å². The zero-order valence-corrected chi connectivity index (χ0v) is 9.57. The Bertz CT molecular complexity index is 458. The maximum atomic E-state index is 13.2. The Morgan fingerprint density at radius 1 is 1.35 bits per heavy atom. The average Bonchev–Trinajstić information content (AvgIpc) is 2.72. The number of hydrogen-bond donors (Lipinski definition) is 2. The number of aliphatic imine (C=N–C) groups is 1. The van der Waals surface area contributed by atoms with Crippen LogP contribution in [0.15, 0.2) is 29.3 Å². The Balaban J connectivity index is 1.82. The van der Waals surface area contributed by atoms with Gasteiger partial charge in [0, 0.05) is 11.6 Å². The predicted molar refractivity (Wildman–Crippen MR) is 65.5 cm³/mol. The van der Waals surface area contributed by atoms with Crippen molar-refractivity contribution < 1.29 is 4.39 Å². The molecule has 90 valence electrons. The quantitative estimate of drug-likeness (QED) is 0.771. The molecule has 1 fully saturated rings. The summed E-state index contributed by atoms with van der Waals surface area (Å²) in [7, 11) is 0. The highest BCUT2D eigenvalue weighted by Gasteiger charge is 2.34. The third kappa shape index (κ3) is 2.05. The summed E-state index contributed by atoms with van der Waals surface area (Å²) in [4.78, 5) is 4.64. The van der Waals surface area contributed by atoms with E-state index in [2.05, 4.69) is 10.3 Å². The maximum Gasteiger partial charge on any atom is 0.129 e. The molecule has 3 unspecified atom stereocenters. The van der Waals surface area contributed by atoms with E-state index >= 15 is 0 Å². The van der Waals surface area contributed by atoms with Crippen molar-refractivity contribution in [3.8, 4) is 0 Å². The van der Waals surface area contributed by atoms with Gasteiger partial charge in [-0.25, -0.2) is 4.39 Å². The molecule has 0 saturated heterocycles. The van der Waals surface area contributed by atoms with Gasteiger partial charge in [0.05, 0.1) is 12.1 Å². The molecule has 3 nitrogen and oxygen atoms in total. The number of hydrogen-bond acceptors (Lipinski definition) is 3. The first kappa shape index (κ1) is 10.7. The van der Waals surface area contributed by atoms with E-state index < -0.39 is 0 Å². The van der Waals surface area contributed by atoms with Gasteiger partial charge in [0.15, 0.2) is 0 Å². The van der Waals surface area contributed by atoms with Gasteiger partial charge in [-0.2, -0.15) is 0 Å². The van der Waals surface area contributed by atoms with Crippen LogP contribution in [0.1, 0.15) is 24.8 Å². The van der Waals surface area contributed by atoms with Crippen molar-refractivity contribution in [3.63, 3.8) is 0 Å². The lowest BCUT2D eigenvalue weighted by Crippen LogP contribution is -2.44. The van der Waals surface area contributed by atoms with Crippen molar-refractivity contribution in [2.24, 2.45) is 10.7 Å². The average molecular weight is 233 g/mol. The van der Waals surface area contributed by atoms with E-state index in [-0.39, 0.29) is 11.9 Å². The molecule has 1 heterocycles. The van der Waals surface area contributed by atoms with Gasteiger partial charge in [0.1, 0.15) is 11.7 Å². The molecular formula is C13H16FN3. The van der Waals surface area contributed by atoms with Gasteiger partial charge in [0.25, 0.3) is 0 Å². The summed E-state index contributed by atoms with van der Waals surface area (Å²) in [5, 5.41) is 3.37. The van der Waals surface area contributed by atoms with Gasteiger partial charge in [-0.15, -0.1) is 0 Å². The van der Waals surface area contributed by atoms with Crippen molar-refractivity contribution in [2.75, 3.05) is 0 Å². The number of nitrogens with two attached hydrogens (primary N) is 1. The summed E-state index contributed by atoms with van der Waals surface area (Å²) in [6, 6.07) is 7.47. The number of rotatable bonds is 1. The third-order valence-electron chi connectivity index (χ3n) is 3.57. The van der Waals surface area contributed by atoms with Crippen LogP contribution in [-0.4, -0.2) is 24.0 Å².